The van der Waals surface area contributed by atoms with Gasteiger partial charge in [-0.1, -0.05) is 0 Å². The van der Waals surface area contributed by atoms with Crippen LogP contribution >= 0.6 is 0 Å². The topological polar surface area (TPSA) is 92.9 Å². The van der Waals surface area contributed by atoms with Crippen LogP contribution in [0.3, 0.4) is 0 Å². The average molecular weight is 209 g/mol. The smallest absolute Gasteiger partial charge is 0.219 e. The molecule has 6 nitrogen and oxygen atoms in total. The first-order chi connectivity index (χ1) is 7.11. The fourth-order valence-electron chi connectivity index (χ4n) is 1.10. The second kappa shape index (κ2) is 5.14. The molecule has 0 aliphatic carbocycles. The number of primary amides is 1. The van der Waals surface area contributed by atoms with Crippen LogP contribution < -0.4 is 16.4 Å². The number of rotatable bonds is 5. The summed E-state index contributed by atoms with van der Waals surface area (Å²) in [6.07, 6.45) is 0.290. The van der Waals surface area contributed by atoms with Gasteiger partial charge in [0.1, 0.15) is 17.5 Å². The molecule has 6 heteroatoms. The maximum absolute atomic E-state index is 10.5. The van der Waals surface area contributed by atoms with Crippen molar-refractivity contribution in [1.29, 1.82) is 0 Å². The van der Waals surface area contributed by atoms with Crippen LogP contribution in [0, 0.1) is 6.92 Å². The van der Waals surface area contributed by atoms with Crippen molar-refractivity contribution in [1.82, 2.24) is 9.97 Å². The molecule has 0 aromatic carbocycles. The van der Waals surface area contributed by atoms with Gasteiger partial charge in [0.2, 0.25) is 5.91 Å². The molecule has 0 fully saturated rings. The molecule has 82 valence electrons. The number of aryl methyl sites for hydroxylation is 1. The van der Waals surface area contributed by atoms with E-state index in [-0.39, 0.29) is 12.3 Å². The SMILES string of the molecule is CNc1cc(NCCC(N)=O)nc(C)n1. The Morgan fingerprint density at radius 1 is 1.47 bits per heavy atom. The van der Waals surface area contributed by atoms with E-state index in [0.29, 0.717) is 18.2 Å². The number of hydrogen-bond donors (Lipinski definition) is 3. The van der Waals surface area contributed by atoms with Crippen molar-refractivity contribution in [2.24, 2.45) is 5.73 Å². The first kappa shape index (κ1) is 11.2. The molecule has 1 heterocycles. The highest BCUT2D eigenvalue weighted by molar-refractivity contribution is 5.74. The molecular weight excluding hydrogens is 194 g/mol. The third-order valence-corrected chi connectivity index (χ3v) is 1.77. The van der Waals surface area contributed by atoms with Crippen LogP contribution in [0.2, 0.25) is 0 Å². The Morgan fingerprint density at radius 2 is 2.13 bits per heavy atom. The van der Waals surface area contributed by atoms with Gasteiger partial charge in [0.25, 0.3) is 0 Å². The summed E-state index contributed by atoms with van der Waals surface area (Å²) in [7, 11) is 1.79. The van der Waals surface area contributed by atoms with Crippen LogP contribution in [0.15, 0.2) is 6.07 Å². The van der Waals surface area contributed by atoms with E-state index in [4.69, 9.17) is 5.73 Å². The van der Waals surface area contributed by atoms with Gasteiger partial charge in [0.05, 0.1) is 0 Å². The number of hydrogen-bond acceptors (Lipinski definition) is 5. The van der Waals surface area contributed by atoms with Gasteiger partial charge in [-0.15, -0.1) is 0 Å². The number of carbonyl (C=O) groups is 1. The second-order valence-corrected chi connectivity index (χ2v) is 3.08. The molecule has 0 atom stereocenters. The minimum absolute atomic E-state index is 0.290. The van der Waals surface area contributed by atoms with E-state index < -0.39 is 0 Å². The average Bonchev–Trinajstić information content (AvgIpc) is 2.16. The fourth-order valence-corrected chi connectivity index (χ4v) is 1.10. The fraction of sp³-hybridized carbons (Fsp3) is 0.444. The normalized spacial score (nSPS) is 9.73. The first-order valence-corrected chi connectivity index (χ1v) is 4.67. The van der Waals surface area contributed by atoms with E-state index in [1.54, 1.807) is 20.0 Å². The molecule has 1 amide bonds. The summed E-state index contributed by atoms with van der Waals surface area (Å²) in [5.74, 6) is 1.77. The second-order valence-electron chi connectivity index (χ2n) is 3.08. The van der Waals surface area contributed by atoms with Crippen LogP contribution in [0.5, 0.6) is 0 Å². The van der Waals surface area contributed by atoms with E-state index in [9.17, 15) is 4.79 Å². The minimum Gasteiger partial charge on any atom is -0.373 e. The van der Waals surface area contributed by atoms with Crippen molar-refractivity contribution in [3.05, 3.63) is 11.9 Å². The standard InChI is InChI=1S/C9H15N5O/c1-6-13-8(11-2)5-9(14-6)12-4-3-7(10)15/h5H,3-4H2,1-2H3,(H2,10,15)(H2,11,12,13,14). The number of anilines is 2. The van der Waals surface area contributed by atoms with Gasteiger partial charge < -0.3 is 16.4 Å². The molecule has 0 saturated heterocycles. The Bertz CT molecular complexity index is 352. The zero-order valence-electron chi connectivity index (χ0n) is 8.87. The highest BCUT2D eigenvalue weighted by Crippen LogP contribution is 2.09. The van der Waals surface area contributed by atoms with Crippen LogP contribution in [0.4, 0.5) is 11.6 Å². The zero-order chi connectivity index (χ0) is 11.3. The predicted octanol–water partition coefficient (Wildman–Crippen LogP) is 0.114. The van der Waals surface area contributed by atoms with Crippen LogP contribution in [0.1, 0.15) is 12.2 Å². The number of nitrogens with one attached hydrogen (secondary N) is 2. The lowest BCUT2D eigenvalue weighted by molar-refractivity contribution is -0.117. The van der Waals surface area contributed by atoms with Gasteiger partial charge >= 0.3 is 0 Å². The number of nitrogens with two attached hydrogens (primary N) is 1. The molecule has 0 unspecified atom stereocenters. The van der Waals surface area contributed by atoms with Crippen LogP contribution in [-0.4, -0.2) is 29.5 Å². The quantitative estimate of drug-likeness (QED) is 0.640. The van der Waals surface area contributed by atoms with Crippen molar-refractivity contribution in [3.63, 3.8) is 0 Å². The van der Waals surface area contributed by atoms with Crippen molar-refractivity contribution < 1.29 is 4.79 Å². The Balaban J connectivity index is 2.60. The van der Waals surface area contributed by atoms with Gasteiger partial charge in [-0.2, -0.15) is 0 Å². The molecule has 0 saturated carbocycles. The lowest BCUT2D eigenvalue weighted by atomic mass is 10.4. The van der Waals surface area contributed by atoms with Crippen molar-refractivity contribution in [2.75, 3.05) is 24.2 Å². The molecule has 0 radical (unpaired) electrons. The maximum atomic E-state index is 10.5. The van der Waals surface area contributed by atoms with E-state index in [1.807, 2.05) is 0 Å². The van der Waals surface area contributed by atoms with Gasteiger partial charge in [-0.25, -0.2) is 9.97 Å². The summed E-state index contributed by atoms with van der Waals surface area (Å²) in [6, 6.07) is 1.77. The van der Waals surface area contributed by atoms with E-state index in [2.05, 4.69) is 20.6 Å². The molecule has 1 aromatic rings. The minimum atomic E-state index is -0.331. The van der Waals surface area contributed by atoms with Crippen molar-refractivity contribution >= 4 is 17.5 Å². The lowest BCUT2D eigenvalue weighted by Gasteiger charge is -2.07. The predicted molar refractivity (Wildman–Crippen MR) is 58.6 cm³/mol. The lowest BCUT2D eigenvalue weighted by Crippen LogP contribution is -2.16. The number of nitrogens with zero attached hydrogens (tertiary/aromatic N) is 2. The number of carbonyl (C=O) groups excluding carboxylic acids is 1. The number of aromatic nitrogens is 2. The molecule has 0 aliphatic heterocycles. The first-order valence-electron chi connectivity index (χ1n) is 4.67. The van der Waals surface area contributed by atoms with Crippen LogP contribution in [-0.2, 0) is 4.79 Å². The molecule has 0 bridgehead atoms. The van der Waals surface area contributed by atoms with Crippen molar-refractivity contribution in [2.45, 2.75) is 13.3 Å². The highest BCUT2D eigenvalue weighted by Gasteiger charge is 2.00. The molecule has 0 aliphatic rings. The Morgan fingerprint density at radius 3 is 2.73 bits per heavy atom. The molecule has 1 aromatic heterocycles. The van der Waals surface area contributed by atoms with Gasteiger partial charge in [0.15, 0.2) is 0 Å². The summed E-state index contributed by atoms with van der Waals surface area (Å²) in [6.45, 7) is 2.29. The Labute approximate surface area is 88.3 Å². The summed E-state index contributed by atoms with van der Waals surface area (Å²) < 4.78 is 0. The van der Waals surface area contributed by atoms with Gasteiger partial charge in [0, 0.05) is 26.1 Å². The van der Waals surface area contributed by atoms with E-state index in [0.717, 1.165) is 5.82 Å². The number of amides is 1. The zero-order valence-corrected chi connectivity index (χ0v) is 8.87. The van der Waals surface area contributed by atoms with Gasteiger partial charge in [-0.05, 0) is 6.92 Å². The third-order valence-electron chi connectivity index (χ3n) is 1.77. The monoisotopic (exact) mass is 209 g/mol. The van der Waals surface area contributed by atoms with Gasteiger partial charge in [-0.3, -0.25) is 4.79 Å². The molecule has 1 rings (SSSR count). The summed E-state index contributed by atoms with van der Waals surface area (Å²) >= 11 is 0. The molecule has 0 spiro atoms. The highest BCUT2D eigenvalue weighted by atomic mass is 16.1. The van der Waals surface area contributed by atoms with E-state index in [1.165, 1.54) is 0 Å². The van der Waals surface area contributed by atoms with Crippen molar-refractivity contribution in [3.8, 4) is 0 Å². The summed E-state index contributed by atoms with van der Waals surface area (Å²) in [5.41, 5.74) is 5.02. The molecule has 4 N–H and O–H groups in total. The van der Waals surface area contributed by atoms with Crippen LogP contribution in [0.25, 0.3) is 0 Å². The van der Waals surface area contributed by atoms with E-state index >= 15 is 0 Å². The molecular formula is C9H15N5O. The Kier molecular flexibility index (Phi) is 3.84. The Hall–Kier alpha value is -1.85. The maximum Gasteiger partial charge on any atom is 0.219 e. The third kappa shape index (κ3) is 3.80. The summed E-state index contributed by atoms with van der Waals surface area (Å²) in [5, 5.41) is 5.92. The largest absolute Gasteiger partial charge is 0.373 e. The summed E-state index contributed by atoms with van der Waals surface area (Å²) in [4.78, 5) is 18.8. The molecule has 15 heavy (non-hydrogen) atoms.